The maximum absolute atomic E-state index is 13.9. The molecule has 0 atom stereocenters. The summed E-state index contributed by atoms with van der Waals surface area (Å²) >= 11 is 6.10. The Balaban J connectivity index is 1.52. The van der Waals surface area contributed by atoms with Gasteiger partial charge in [-0.2, -0.15) is 0 Å². The van der Waals surface area contributed by atoms with Crippen molar-refractivity contribution in [1.82, 2.24) is 19.6 Å². The van der Waals surface area contributed by atoms with Gasteiger partial charge in [0.2, 0.25) is 0 Å². The molecule has 2 aliphatic rings. The third kappa shape index (κ3) is 4.00. The third-order valence-electron chi connectivity index (χ3n) is 4.87. The summed E-state index contributed by atoms with van der Waals surface area (Å²) in [5, 5.41) is 0.447. The molecule has 8 heteroatoms. The molecule has 0 unspecified atom stereocenters. The summed E-state index contributed by atoms with van der Waals surface area (Å²) in [5.74, 6) is -0.423. The Morgan fingerprint density at radius 3 is 2.35 bits per heavy atom. The highest BCUT2D eigenvalue weighted by molar-refractivity contribution is 6.31. The van der Waals surface area contributed by atoms with E-state index in [1.54, 1.807) is 17.0 Å². The first-order chi connectivity index (χ1) is 12.4. The molecule has 0 bridgehead atoms. The summed E-state index contributed by atoms with van der Waals surface area (Å²) in [6, 6.07) is 4.39. The largest absolute Gasteiger partial charge is 0.328 e. The molecule has 142 valence electrons. The Kier molecular flexibility index (Phi) is 5.79. The average molecular weight is 383 g/mol. The Morgan fingerprint density at radius 2 is 1.77 bits per heavy atom. The van der Waals surface area contributed by atoms with Gasteiger partial charge in [-0.25, -0.2) is 9.18 Å². The van der Waals surface area contributed by atoms with Gasteiger partial charge in [0, 0.05) is 49.4 Å². The van der Waals surface area contributed by atoms with Crippen LogP contribution >= 0.6 is 11.6 Å². The van der Waals surface area contributed by atoms with Crippen molar-refractivity contribution < 1.29 is 14.0 Å². The van der Waals surface area contributed by atoms with Crippen LogP contribution in [0.4, 0.5) is 9.18 Å². The van der Waals surface area contributed by atoms with Gasteiger partial charge in [-0.15, -0.1) is 0 Å². The Bertz CT molecular complexity index is 672. The minimum Gasteiger partial charge on any atom is -0.302 e. The third-order valence-corrected chi connectivity index (χ3v) is 5.22. The second-order valence-corrected chi connectivity index (χ2v) is 7.48. The summed E-state index contributed by atoms with van der Waals surface area (Å²) in [6.07, 6.45) is 0. The molecule has 1 aromatic rings. The zero-order chi connectivity index (χ0) is 18.8. The van der Waals surface area contributed by atoms with E-state index in [9.17, 15) is 14.0 Å². The predicted octanol–water partition coefficient (Wildman–Crippen LogP) is 2.23. The van der Waals surface area contributed by atoms with Gasteiger partial charge in [-0.3, -0.25) is 19.5 Å². The number of piperazine rings is 1. The Morgan fingerprint density at radius 1 is 1.12 bits per heavy atom. The molecule has 0 aliphatic carbocycles. The summed E-state index contributed by atoms with van der Waals surface area (Å²) in [5.41, 5.74) is 0.524. The molecule has 26 heavy (non-hydrogen) atoms. The van der Waals surface area contributed by atoms with Gasteiger partial charge in [0.05, 0.1) is 6.67 Å². The molecule has 0 saturated carbocycles. The molecule has 0 N–H and O–H groups in total. The number of benzene rings is 1. The fraction of sp³-hybridized carbons (Fsp3) is 0.556. The molecular formula is C18H24ClFN4O2. The molecule has 2 fully saturated rings. The molecule has 0 radical (unpaired) electrons. The maximum atomic E-state index is 13.9. The van der Waals surface area contributed by atoms with E-state index in [1.807, 2.05) is 13.8 Å². The van der Waals surface area contributed by atoms with Crippen molar-refractivity contribution in [3.8, 4) is 0 Å². The van der Waals surface area contributed by atoms with E-state index in [4.69, 9.17) is 11.6 Å². The number of amides is 3. The number of hydrogen-bond donors (Lipinski definition) is 0. The lowest BCUT2D eigenvalue weighted by atomic mass is 10.2. The lowest BCUT2D eigenvalue weighted by molar-refractivity contribution is -0.126. The number of carbonyl (C=O) groups excluding carboxylic acids is 2. The zero-order valence-corrected chi connectivity index (χ0v) is 15.9. The molecule has 3 amide bonds. The van der Waals surface area contributed by atoms with E-state index >= 15 is 0 Å². The molecule has 2 heterocycles. The molecular weight excluding hydrogens is 359 g/mol. The molecule has 6 nitrogen and oxygen atoms in total. The second kappa shape index (κ2) is 7.90. The summed E-state index contributed by atoms with van der Waals surface area (Å²) in [7, 11) is 0. The number of urea groups is 1. The van der Waals surface area contributed by atoms with Crippen LogP contribution in [0, 0.1) is 5.82 Å². The van der Waals surface area contributed by atoms with Crippen LogP contribution < -0.4 is 0 Å². The molecule has 0 spiro atoms. The number of carbonyl (C=O) groups is 2. The lowest BCUT2D eigenvalue weighted by Crippen LogP contribution is -2.50. The van der Waals surface area contributed by atoms with E-state index in [0.29, 0.717) is 23.8 Å². The highest BCUT2D eigenvalue weighted by Crippen LogP contribution is 2.21. The maximum Gasteiger partial charge on any atom is 0.328 e. The fourth-order valence-electron chi connectivity index (χ4n) is 3.42. The quantitative estimate of drug-likeness (QED) is 0.733. The van der Waals surface area contributed by atoms with Crippen molar-refractivity contribution >= 4 is 23.5 Å². The number of rotatable bonds is 5. The van der Waals surface area contributed by atoms with E-state index in [-0.39, 0.29) is 30.3 Å². The lowest BCUT2D eigenvalue weighted by Gasteiger charge is -2.36. The number of halogens is 2. The smallest absolute Gasteiger partial charge is 0.302 e. The van der Waals surface area contributed by atoms with Gasteiger partial charge in [-0.05, 0) is 26.0 Å². The van der Waals surface area contributed by atoms with Gasteiger partial charge in [0.25, 0.3) is 5.91 Å². The topological polar surface area (TPSA) is 47.1 Å². The van der Waals surface area contributed by atoms with Crippen molar-refractivity contribution in [2.75, 3.05) is 39.4 Å². The van der Waals surface area contributed by atoms with Gasteiger partial charge < -0.3 is 4.90 Å². The van der Waals surface area contributed by atoms with Crippen LogP contribution in [0.3, 0.4) is 0 Å². The summed E-state index contributed by atoms with van der Waals surface area (Å²) in [6.45, 7) is 7.77. The minimum absolute atomic E-state index is 0.123. The predicted molar refractivity (Wildman–Crippen MR) is 97.2 cm³/mol. The summed E-state index contributed by atoms with van der Waals surface area (Å²) in [4.78, 5) is 31.5. The molecule has 2 saturated heterocycles. The van der Waals surface area contributed by atoms with Gasteiger partial charge >= 0.3 is 6.03 Å². The monoisotopic (exact) mass is 382 g/mol. The number of nitrogens with zero attached hydrogens (tertiary/aromatic N) is 4. The number of imide groups is 1. The standard InChI is InChI=1S/C18H24ClFN4O2/c1-13(2)24-17(25)11-23(18(24)26)12-22-8-6-21(7-9-22)10-14-15(19)4-3-5-16(14)20/h3-5,13H,6-12H2,1-2H3. The van der Waals surface area contributed by atoms with Crippen LogP contribution in [0.5, 0.6) is 0 Å². The number of hydrogen-bond acceptors (Lipinski definition) is 4. The summed E-state index contributed by atoms with van der Waals surface area (Å²) < 4.78 is 13.9. The Hall–Kier alpha value is -1.70. The van der Waals surface area contributed by atoms with E-state index in [1.165, 1.54) is 11.0 Å². The van der Waals surface area contributed by atoms with Crippen LogP contribution in [-0.2, 0) is 11.3 Å². The SMILES string of the molecule is CC(C)N1C(=O)CN(CN2CCN(Cc3c(F)cccc3Cl)CC2)C1=O. The normalized spacial score (nSPS) is 19.9. The first kappa shape index (κ1) is 19.1. The molecule has 2 aliphatic heterocycles. The zero-order valence-electron chi connectivity index (χ0n) is 15.1. The van der Waals surface area contributed by atoms with Crippen molar-refractivity contribution in [1.29, 1.82) is 0 Å². The van der Waals surface area contributed by atoms with Crippen LogP contribution in [0.25, 0.3) is 0 Å². The van der Waals surface area contributed by atoms with Crippen LogP contribution in [0.2, 0.25) is 5.02 Å². The molecule has 0 aromatic heterocycles. The van der Waals surface area contributed by atoms with E-state index in [0.717, 1.165) is 26.2 Å². The van der Waals surface area contributed by atoms with Crippen molar-refractivity contribution in [3.05, 3.63) is 34.6 Å². The minimum atomic E-state index is -0.283. The van der Waals surface area contributed by atoms with E-state index in [2.05, 4.69) is 9.80 Å². The van der Waals surface area contributed by atoms with Crippen molar-refractivity contribution in [3.63, 3.8) is 0 Å². The fourth-order valence-corrected chi connectivity index (χ4v) is 3.65. The molecule has 1 aromatic carbocycles. The van der Waals surface area contributed by atoms with Crippen LogP contribution in [0.1, 0.15) is 19.4 Å². The van der Waals surface area contributed by atoms with Gasteiger partial charge in [-0.1, -0.05) is 17.7 Å². The van der Waals surface area contributed by atoms with E-state index < -0.39 is 0 Å². The highest BCUT2D eigenvalue weighted by Gasteiger charge is 2.38. The van der Waals surface area contributed by atoms with Crippen LogP contribution in [-0.4, -0.2) is 77.0 Å². The van der Waals surface area contributed by atoms with Crippen LogP contribution in [0.15, 0.2) is 18.2 Å². The van der Waals surface area contributed by atoms with Gasteiger partial charge in [0.15, 0.2) is 0 Å². The molecule has 3 rings (SSSR count). The first-order valence-corrected chi connectivity index (χ1v) is 9.23. The Labute approximate surface area is 158 Å². The average Bonchev–Trinajstić information content (AvgIpc) is 2.86. The second-order valence-electron chi connectivity index (χ2n) is 7.07. The van der Waals surface area contributed by atoms with Crippen molar-refractivity contribution in [2.24, 2.45) is 0 Å². The van der Waals surface area contributed by atoms with Crippen molar-refractivity contribution in [2.45, 2.75) is 26.4 Å². The van der Waals surface area contributed by atoms with Gasteiger partial charge in [0.1, 0.15) is 12.4 Å². The highest BCUT2D eigenvalue weighted by atomic mass is 35.5. The first-order valence-electron chi connectivity index (χ1n) is 8.85.